The largest absolute Gasteiger partial charge is 0.256 e. The third-order valence-corrected chi connectivity index (χ3v) is 7.29. The number of hydrogen-bond donors (Lipinski definition) is 0. The molecule has 3 heteroatoms. The highest BCUT2D eigenvalue weighted by molar-refractivity contribution is 5.88. The molecule has 1 heterocycles. The molecule has 0 unspecified atom stereocenters. The molecule has 3 nitrogen and oxygen atoms in total. The van der Waals surface area contributed by atoms with E-state index in [2.05, 4.69) is 127 Å². The Hall–Kier alpha value is -5.67. The maximum absolute atomic E-state index is 4.81. The zero-order chi connectivity index (χ0) is 28.1. The van der Waals surface area contributed by atoms with Crippen molar-refractivity contribution in [3.05, 3.63) is 162 Å². The van der Waals surface area contributed by atoms with Gasteiger partial charge in [0.05, 0.1) is 17.1 Å². The Morgan fingerprint density at radius 3 is 0.833 bits per heavy atom. The maximum atomic E-state index is 4.81. The molecule has 0 radical (unpaired) electrons. The molecule has 42 heavy (non-hydrogen) atoms. The van der Waals surface area contributed by atoms with Crippen molar-refractivity contribution < 1.29 is 0 Å². The SMILES string of the molecule is C1=Nc2cccc(c2)-c2cccc(c2)C=Nc2cccc(c2)-c2cccc(c2)C=Nc2cccc(c2)-c2cccc1c2. The summed E-state index contributed by atoms with van der Waals surface area (Å²) in [7, 11) is 0. The van der Waals surface area contributed by atoms with Gasteiger partial charge in [-0.3, -0.25) is 15.0 Å². The summed E-state index contributed by atoms with van der Waals surface area (Å²) in [6, 6.07) is 50.3. The molecule has 0 atom stereocenters. The topological polar surface area (TPSA) is 37.1 Å². The Kier molecular flexibility index (Phi) is 6.89. The van der Waals surface area contributed by atoms with Crippen molar-refractivity contribution in [3.63, 3.8) is 0 Å². The van der Waals surface area contributed by atoms with E-state index < -0.39 is 0 Å². The van der Waals surface area contributed by atoms with Crippen molar-refractivity contribution in [3.8, 4) is 33.4 Å². The quantitative estimate of drug-likeness (QED) is 0.185. The van der Waals surface area contributed by atoms with E-state index in [1.165, 1.54) is 0 Å². The number of nitrogens with zero attached hydrogens (tertiary/aromatic N) is 3. The van der Waals surface area contributed by atoms with Gasteiger partial charge in [-0.05, 0) is 105 Å². The van der Waals surface area contributed by atoms with Crippen molar-refractivity contribution in [1.82, 2.24) is 0 Å². The number of hydrogen-bond acceptors (Lipinski definition) is 3. The first kappa shape index (κ1) is 25.3. The second-order valence-corrected chi connectivity index (χ2v) is 10.3. The predicted octanol–water partition coefficient (Wildman–Crippen LogP) is 10.3. The van der Waals surface area contributed by atoms with Crippen LogP contribution in [0.1, 0.15) is 16.7 Å². The molecule has 0 aliphatic carbocycles. The minimum absolute atomic E-state index is 0.905. The summed E-state index contributed by atoms with van der Waals surface area (Å²) in [5.41, 5.74) is 12.6. The lowest BCUT2D eigenvalue weighted by Gasteiger charge is -2.06. The van der Waals surface area contributed by atoms with Gasteiger partial charge >= 0.3 is 0 Å². The summed E-state index contributed by atoms with van der Waals surface area (Å²) in [5, 5.41) is 0. The van der Waals surface area contributed by atoms with Crippen LogP contribution in [0.25, 0.3) is 33.4 Å². The molecule has 0 saturated carbocycles. The second-order valence-electron chi connectivity index (χ2n) is 10.3. The van der Waals surface area contributed by atoms with E-state index in [0.717, 1.165) is 67.1 Å². The molecule has 6 aromatic rings. The lowest BCUT2D eigenvalue weighted by Crippen LogP contribution is -1.86. The van der Waals surface area contributed by atoms with E-state index in [0.29, 0.717) is 0 Å². The van der Waals surface area contributed by atoms with Gasteiger partial charge in [0.25, 0.3) is 0 Å². The van der Waals surface area contributed by atoms with Gasteiger partial charge < -0.3 is 0 Å². The number of rotatable bonds is 0. The van der Waals surface area contributed by atoms with Crippen molar-refractivity contribution in [2.45, 2.75) is 0 Å². The minimum atomic E-state index is 0.905. The molecule has 0 N–H and O–H groups in total. The zero-order valence-corrected chi connectivity index (χ0v) is 22.9. The fraction of sp³-hybridized carbons (Fsp3) is 0. The third-order valence-electron chi connectivity index (χ3n) is 7.29. The minimum Gasteiger partial charge on any atom is -0.256 e. The summed E-state index contributed by atoms with van der Waals surface area (Å²) in [6.07, 6.45) is 5.77. The monoisotopic (exact) mass is 537 g/mol. The Labute approximate surface area is 245 Å². The molecule has 1 aliphatic heterocycles. The average molecular weight is 538 g/mol. The summed E-state index contributed by atoms with van der Waals surface area (Å²) < 4.78 is 0. The third kappa shape index (κ3) is 5.77. The van der Waals surface area contributed by atoms with Gasteiger partial charge in [-0.2, -0.15) is 0 Å². The molecule has 0 saturated heterocycles. The molecule has 198 valence electrons. The van der Waals surface area contributed by atoms with Gasteiger partial charge in [0.1, 0.15) is 0 Å². The smallest absolute Gasteiger partial charge is 0.0636 e. The molecular formula is C39H27N3. The first-order valence-corrected chi connectivity index (χ1v) is 14.0. The Morgan fingerprint density at radius 1 is 0.262 bits per heavy atom. The molecule has 6 aromatic carbocycles. The summed E-state index contributed by atoms with van der Waals surface area (Å²) in [5.74, 6) is 0. The van der Waals surface area contributed by atoms with E-state index in [4.69, 9.17) is 15.0 Å². The van der Waals surface area contributed by atoms with E-state index in [9.17, 15) is 0 Å². The van der Waals surface area contributed by atoms with Crippen LogP contribution in [0.5, 0.6) is 0 Å². The van der Waals surface area contributed by atoms with Gasteiger partial charge in [0, 0.05) is 18.6 Å². The molecule has 0 aromatic heterocycles. The summed E-state index contributed by atoms with van der Waals surface area (Å²) in [6.45, 7) is 0. The normalized spacial score (nSPS) is 12.0. The first-order valence-electron chi connectivity index (χ1n) is 14.0. The van der Waals surface area contributed by atoms with Crippen molar-refractivity contribution in [2.75, 3.05) is 0 Å². The van der Waals surface area contributed by atoms with E-state index in [1.54, 1.807) is 0 Å². The van der Waals surface area contributed by atoms with Crippen molar-refractivity contribution >= 4 is 35.7 Å². The Bertz CT molecular complexity index is 1620. The lowest BCUT2D eigenvalue weighted by atomic mass is 10.0. The Balaban J connectivity index is 1.34. The first-order chi connectivity index (χ1) is 20.7. The van der Waals surface area contributed by atoms with Crippen LogP contribution in [-0.2, 0) is 0 Å². The predicted molar refractivity (Wildman–Crippen MR) is 177 cm³/mol. The van der Waals surface area contributed by atoms with Gasteiger partial charge in [0.15, 0.2) is 0 Å². The number of aliphatic imine (C=N–C) groups is 3. The van der Waals surface area contributed by atoms with Gasteiger partial charge in [-0.15, -0.1) is 0 Å². The highest BCUT2D eigenvalue weighted by Crippen LogP contribution is 2.28. The fourth-order valence-corrected chi connectivity index (χ4v) is 5.14. The highest BCUT2D eigenvalue weighted by atomic mass is 14.7. The molecule has 0 amide bonds. The van der Waals surface area contributed by atoms with E-state index in [1.807, 2.05) is 36.8 Å². The fourth-order valence-electron chi connectivity index (χ4n) is 5.14. The molecule has 7 rings (SSSR count). The van der Waals surface area contributed by atoms with Crippen LogP contribution in [0.2, 0.25) is 0 Å². The van der Waals surface area contributed by atoms with Crippen LogP contribution in [0.3, 0.4) is 0 Å². The molecular weight excluding hydrogens is 510 g/mol. The summed E-state index contributed by atoms with van der Waals surface area (Å²) >= 11 is 0. The molecule has 12 bridgehead atoms. The standard InChI is InChI=1S/C39H27N3/c1-7-28-19-31(10-1)34-13-4-16-37(22-34)41-26-29-8-2-12-33(20-29)36-15-6-18-39(24-36)42-27-30-9-3-11-32(21-30)35-14-5-17-38(23-35)40-25-28/h1-27H. The highest BCUT2D eigenvalue weighted by Gasteiger charge is 2.04. The van der Waals surface area contributed by atoms with Crippen LogP contribution in [0.15, 0.2) is 161 Å². The van der Waals surface area contributed by atoms with Crippen LogP contribution in [-0.4, -0.2) is 18.6 Å². The van der Waals surface area contributed by atoms with Crippen LogP contribution < -0.4 is 0 Å². The van der Waals surface area contributed by atoms with Gasteiger partial charge in [-0.25, -0.2) is 0 Å². The Morgan fingerprint density at radius 2 is 0.524 bits per heavy atom. The summed E-state index contributed by atoms with van der Waals surface area (Å²) in [4.78, 5) is 14.4. The molecule has 1 aliphatic rings. The maximum Gasteiger partial charge on any atom is 0.0636 e. The molecule has 0 fully saturated rings. The van der Waals surface area contributed by atoms with Crippen LogP contribution in [0.4, 0.5) is 17.1 Å². The number of fused-ring (bicyclic) bond motifs is 15. The average Bonchev–Trinajstić information content (AvgIpc) is 3.06. The van der Waals surface area contributed by atoms with E-state index in [-0.39, 0.29) is 0 Å². The molecule has 0 spiro atoms. The lowest BCUT2D eigenvalue weighted by molar-refractivity contribution is 1.49. The second kappa shape index (κ2) is 11.4. The van der Waals surface area contributed by atoms with Gasteiger partial charge in [-0.1, -0.05) is 91.0 Å². The van der Waals surface area contributed by atoms with Gasteiger partial charge in [0.2, 0.25) is 0 Å². The van der Waals surface area contributed by atoms with E-state index >= 15 is 0 Å². The van der Waals surface area contributed by atoms with Crippen LogP contribution >= 0.6 is 0 Å². The number of benzene rings is 6. The van der Waals surface area contributed by atoms with Crippen molar-refractivity contribution in [2.24, 2.45) is 15.0 Å². The van der Waals surface area contributed by atoms with Crippen LogP contribution in [0, 0.1) is 0 Å². The zero-order valence-electron chi connectivity index (χ0n) is 22.9. The van der Waals surface area contributed by atoms with Crippen molar-refractivity contribution in [1.29, 1.82) is 0 Å².